The molecule has 7 heteroatoms. The van der Waals surface area contributed by atoms with Gasteiger partial charge in [0.2, 0.25) is 5.95 Å². The van der Waals surface area contributed by atoms with E-state index in [-0.39, 0.29) is 0 Å². The monoisotopic (exact) mass is 382 g/mol. The second-order valence-corrected chi connectivity index (χ2v) is 8.24. The van der Waals surface area contributed by atoms with E-state index in [0.29, 0.717) is 29.3 Å². The molecule has 5 rings (SSSR count). The zero-order chi connectivity index (χ0) is 18.7. The normalized spacial score (nSPS) is 25.2. The summed E-state index contributed by atoms with van der Waals surface area (Å²) < 4.78 is 2.10. The number of piperazine rings is 1. The number of fused-ring (bicyclic) bond motifs is 3. The van der Waals surface area contributed by atoms with Crippen molar-refractivity contribution in [1.82, 2.24) is 24.3 Å². The summed E-state index contributed by atoms with van der Waals surface area (Å²) in [5.41, 5.74) is 2.74. The van der Waals surface area contributed by atoms with E-state index >= 15 is 0 Å². The highest BCUT2D eigenvalue weighted by molar-refractivity contribution is 6.29. The van der Waals surface area contributed by atoms with Gasteiger partial charge in [0.15, 0.2) is 0 Å². The largest absolute Gasteiger partial charge is 0.336 e. The van der Waals surface area contributed by atoms with Crippen molar-refractivity contribution in [3.05, 3.63) is 41.9 Å². The lowest BCUT2D eigenvalue weighted by Crippen LogP contribution is -2.54. The Morgan fingerprint density at radius 3 is 2.78 bits per heavy atom. The molecule has 3 aromatic heterocycles. The molecule has 140 valence electrons. The Morgan fingerprint density at radius 1 is 1.19 bits per heavy atom. The molecule has 0 aromatic carbocycles. The van der Waals surface area contributed by atoms with Crippen LogP contribution < -0.4 is 4.90 Å². The molecule has 2 fully saturated rings. The molecule has 27 heavy (non-hydrogen) atoms. The van der Waals surface area contributed by atoms with Crippen LogP contribution in [0.4, 0.5) is 5.95 Å². The molecule has 2 saturated heterocycles. The van der Waals surface area contributed by atoms with Crippen molar-refractivity contribution in [3.63, 3.8) is 0 Å². The van der Waals surface area contributed by atoms with E-state index in [0.717, 1.165) is 29.4 Å². The zero-order valence-electron chi connectivity index (χ0n) is 15.7. The summed E-state index contributed by atoms with van der Waals surface area (Å²) in [6.07, 6.45) is 6.75. The first-order chi connectivity index (χ1) is 13.0. The van der Waals surface area contributed by atoms with Crippen molar-refractivity contribution in [3.8, 4) is 11.3 Å². The highest BCUT2D eigenvalue weighted by Crippen LogP contribution is 2.39. The van der Waals surface area contributed by atoms with Gasteiger partial charge in [0.1, 0.15) is 10.8 Å². The predicted molar refractivity (Wildman–Crippen MR) is 107 cm³/mol. The third kappa shape index (κ3) is 2.62. The third-order valence-electron chi connectivity index (χ3n) is 6.02. The maximum Gasteiger partial charge on any atom is 0.212 e. The lowest BCUT2D eigenvalue weighted by molar-refractivity contribution is 0.137. The van der Waals surface area contributed by atoms with Gasteiger partial charge in [0, 0.05) is 60.9 Å². The quantitative estimate of drug-likeness (QED) is 0.649. The highest BCUT2D eigenvalue weighted by atomic mass is 35.5. The molecule has 0 amide bonds. The average molecular weight is 383 g/mol. The zero-order valence-corrected chi connectivity index (χ0v) is 16.5. The van der Waals surface area contributed by atoms with E-state index in [4.69, 9.17) is 16.6 Å². The van der Waals surface area contributed by atoms with Crippen molar-refractivity contribution in [2.24, 2.45) is 0 Å². The molecule has 5 heterocycles. The molecule has 0 N–H and O–H groups in total. The van der Waals surface area contributed by atoms with Crippen LogP contribution in [-0.4, -0.2) is 55.0 Å². The first kappa shape index (κ1) is 17.0. The number of likely N-dealkylation sites (tertiary alicyclic amines) is 1. The molecule has 3 atom stereocenters. The predicted octanol–water partition coefficient (Wildman–Crippen LogP) is 3.50. The number of hydrogen-bond donors (Lipinski definition) is 0. The van der Waals surface area contributed by atoms with Gasteiger partial charge >= 0.3 is 0 Å². The molecule has 1 unspecified atom stereocenters. The minimum Gasteiger partial charge on any atom is -0.336 e. The average Bonchev–Trinajstić information content (AvgIpc) is 3.34. The van der Waals surface area contributed by atoms with Gasteiger partial charge in [-0.15, -0.1) is 0 Å². The second-order valence-electron chi connectivity index (χ2n) is 7.85. The SMILES string of the molecule is CC(C)N1C2C[C@@H]([C@@H]1C)N(c1nc(-c3ccnc(Cl)c3)cc3nccn13)C2. The lowest BCUT2D eigenvalue weighted by atomic mass is 10.1. The van der Waals surface area contributed by atoms with Crippen LogP contribution in [0.25, 0.3) is 16.9 Å². The van der Waals surface area contributed by atoms with E-state index in [1.807, 2.05) is 30.6 Å². The number of aromatic nitrogens is 4. The number of hydrogen-bond acceptors (Lipinski definition) is 5. The van der Waals surface area contributed by atoms with E-state index in [9.17, 15) is 0 Å². The number of pyridine rings is 1. The molecule has 0 aliphatic carbocycles. The van der Waals surface area contributed by atoms with Crippen LogP contribution in [0.1, 0.15) is 27.2 Å². The van der Waals surface area contributed by atoms with Crippen molar-refractivity contribution in [2.45, 2.75) is 51.4 Å². The van der Waals surface area contributed by atoms with Gasteiger partial charge in [0.25, 0.3) is 0 Å². The summed E-state index contributed by atoms with van der Waals surface area (Å²) in [5, 5.41) is 0.473. The number of imidazole rings is 1. The highest BCUT2D eigenvalue weighted by Gasteiger charge is 2.50. The van der Waals surface area contributed by atoms with Crippen LogP contribution in [0.2, 0.25) is 5.15 Å². The maximum absolute atomic E-state index is 6.10. The van der Waals surface area contributed by atoms with Gasteiger partial charge in [-0.25, -0.2) is 15.0 Å². The number of halogens is 1. The topological polar surface area (TPSA) is 49.6 Å². The fourth-order valence-corrected chi connectivity index (χ4v) is 5.16. The van der Waals surface area contributed by atoms with Gasteiger partial charge in [-0.2, -0.15) is 0 Å². The minimum atomic E-state index is 0.473. The van der Waals surface area contributed by atoms with E-state index in [1.54, 1.807) is 6.20 Å². The van der Waals surface area contributed by atoms with Gasteiger partial charge in [-0.05, 0) is 39.3 Å². The van der Waals surface area contributed by atoms with E-state index < -0.39 is 0 Å². The fourth-order valence-electron chi connectivity index (χ4n) is 4.99. The lowest BCUT2D eigenvalue weighted by Gasteiger charge is -2.42. The van der Waals surface area contributed by atoms with Crippen LogP contribution in [-0.2, 0) is 0 Å². The van der Waals surface area contributed by atoms with Crippen LogP contribution in [0.3, 0.4) is 0 Å². The number of rotatable bonds is 3. The second kappa shape index (κ2) is 6.17. The van der Waals surface area contributed by atoms with Crippen LogP contribution in [0.15, 0.2) is 36.8 Å². The maximum atomic E-state index is 6.10. The van der Waals surface area contributed by atoms with Crippen molar-refractivity contribution >= 4 is 23.2 Å². The molecule has 6 nitrogen and oxygen atoms in total. The Labute approximate surface area is 163 Å². The molecule has 2 aliphatic rings. The summed E-state index contributed by atoms with van der Waals surface area (Å²) in [4.78, 5) is 18.8. The molecule has 2 bridgehead atoms. The number of nitrogens with zero attached hydrogens (tertiary/aromatic N) is 6. The minimum absolute atomic E-state index is 0.473. The molecular weight excluding hydrogens is 360 g/mol. The van der Waals surface area contributed by atoms with Crippen LogP contribution in [0, 0.1) is 0 Å². The van der Waals surface area contributed by atoms with Crippen molar-refractivity contribution in [1.29, 1.82) is 0 Å². The molecular formula is C20H23ClN6. The molecule has 0 spiro atoms. The first-order valence-corrected chi connectivity index (χ1v) is 9.91. The molecule has 2 aliphatic heterocycles. The van der Waals surface area contributed by atoms with Gasteiger partial charge < -0.3 is 4.90 Å². The summed E-state index contributed by atoms with van der Waals surface area (Å²) in [6, 6.07) is 7.96. The Hall–Kier alpha value is -2.18. The Bertz CT molecular complexity index is 997. The molecule has 0 saturated carbocycles. The first-order valence-electron chi connectivity index (χ1n) is 9.53. The Kier molecular flexibility index (Phi) is 3.88. The van der Waals surface area contributed by atoms with Crippen molar-refractivity contribution < 1.29 is 0 Å². The molecule has 0 radical (unpaired) electrons. The van der Waals surface area contributed by atoms with Gasteiger partial charge in [0.05, 0.1) is 5.69 Å². The summed E-state index contributed by atoms with van der Waals surface area (Å²) in [7, 11) is 0. The summed E-state index contributed by atoms with van der Waals surface area (Å²) >= 11 is 6.10. The van der Waals surface area contributed by atoms with Crippen LogP contribution >= 0.6 is 11.6 Å². The Balaban J connectivity index is 1.59. The fraction of sp³-hybridized carbons (Fsp3) is 0.450. The van der Waals surface area contributed by atoms with Gasteiger partial charge in [-0.3, -0.25) is 9.30 Å². The van der Waals surface area contributed by atoms with Gasteiger partial charge in [-0.1, -0.05) is 11.6 Å². The summed E-state index contributed by atoms with van der Waals surface area (Å²) in [6.45, 7) is 7.94. The van der Waals surface area contributed by atoms with E-state index in [2.05, 4.69) is 44.9 Å². The Morgan fingerprint density at radius 2 is 2.04 bits per heavy atom. The van der Waals surface area contributed by atoms with E-state index in [1.165, 1.54) is 6.42 Å². The van der Waals surface area contributed by atoms with Crippen LogP contribution in [0.5, 0.6) is 0 Å². The standard InChI is InChI=1S/C20H23ClN6/c1-12(2)27-13(3)17-9-15(27)11-26(17)20-24-16(10-19-23-6-7-25(19)20)14-4-5-22-18(21)8-14/h4-8,10,12-13,15,17H,9,11H2,1-3H3/t13-,15?,17-/m0/s1. The third-order valence-corrected chi connectivity index (χ3v) is 6.22. The smallest absolute Gasteiger partial charge is 0.212 e. The van der Waals surface area contributed by atoms with Crippen molar-refractivity contribution in [2.75, 3.05) is 11.4 Å². The number of anilines is 1. The summed E-state index contributed by atoms with van der Waals surface area (Å²) in [5.74, 6) is 0.968. The molecule has 3 aromatic rings.